The zero-order valence-corrected chi connectivity index (χ0v) is 13.0. The fourth-order valence-corrected chi connectivity index (χ4v) is 2.36. The Morgan fingerprint density at radius 3 is 2.09 bits per heavy atom. The minimum absolute atomic E-state index is 0.0178. The van der Waals surface area contributed by atoms with Gasteiger partial charge in [-0.1, -0.05) is 17.7 Å². The van der Waals surface area contributed by atoms with Gasteiger partial charge in [0.25, 0.3) is 0 Å². The predicted octanol–water partition coefficient (Wildman–Crippen LogP) is 1.01. The van der Waals surface area contributed by atoms with Crippen LogP contribution in [0.3, 0.4) is 0 Å². The summed E-state index contributed by atoms with van der Waals surface area (Å²) in [6.07, 6.45) is -0.173. The van der Waals surface area contributed by atoms with E-state index >= 15 is 0 Å². The number of aryl methyl sites for hydroxylation is 1. The molecule has 6 nitrogen and oxygen atoms in total. The van der Waals surface area contributed by atoms with Gasteiger partial charge in [-0.15, -0.1) is 0 Å². The lowest BCUT2D eigenvalue weighted by Gasteiger charge is -2.34. The number of amides is 3. The molecule has 1 heterocycles. The quantitative estimate of drug-likeness (QED) is 0.847. The summed E-state index contributed by atoms with van der Waals surface area (Å²) in [5.74, 6) is -0.500. The van der Waals surface area contributed by atoms with Crippen molar-refractivity contribution in [1.82, 2.24) is 9.80 Å². The van der Waals surface area contributed by atoms with Gasteiger partial charge in [0.05, 0.1) is 0 Å². The summed E-state index contributed by atoms with van der Waals surface area (Å²) in [5.41, 5.74) is 1.79. The van der Waals surface area contributed by atoms with Gasteiger partial charge in [0, 0.05) is 38.8 Å². The number of rotatable bonds is 3. The van der Waals surface area contributed by atoms with Gasteiger partial charge in [-0.05, 0) is 19.1 Å². The number of piperazine rings is 1. The number of carbonyl (C=O) groups excluding carboxylic acids is 3. The molecule has 1 aromatic rings. The Morgan fingerprint density at radius 2 is 1.55 bits per heavy atom. The summed E-state index contributed by atoms with van der Waals surface area (Å²) < 4.78 is 0. The SMILES string of the molecule is CC(=O)N1CCN(C(=O)CC(=O)Nc2ccc(C)cc2)CC1. The van der Waals surface area contributed by atoms with Crippen LogP contribution in [0.25, 0.3) is 0 Å². The first-order valence-corrected chi connectivity index (χ1v) is 7.35. The van der Waals surface area contributed by atoms with Gasteiger partial charge in [0.1, 0.15) is 6.42 Å². The molecule has 3 amide bonds. The third kappa shape index (κ3) is 4.31. The van der Waals surface area contributed by atoms with Crippen LogP contribution in [0.15, 0.2) is 24.3 Å². The van der Waals surface area contributed by atoms with E-state index in [0.29, 0.717) is 31.9 Å². The van der Waals surface area contributed by atoms with Gasteiger partial charge >= 0.3 is 0 Å². The first-order chi connectivity index (χ1) is 10.5. The van der Waals surface area contributed by atoms with Gasteiger partial charge in [-0.2, -0.15) is 0 Å². The maximum atomic E-state index is 12.1. The highest BCUT2D eigenvalue weighted by Crippen LogP contribution is 2.10. The van der Waals surface area contributed by atoms with Crippen LogP contribution in [0.1, 0.15) is 18.9 Å². The lowest BCUT2D eigenvalue weighted by molar-refractivity contribution is -0.140. The largest absolute Gasteiger partial charge is 0.339 e. The van der Waals surface area contributed by atoms with E-state index in [4.69, 9.17) is 0 Å². The molecule has 22 heavy (non-hydrogen) atoms. The van der Waals surface area contributed by atoms with Gasteiger partial charge in [-0.25, -0.2) is 0 Å². The molecule has 0 aliphatic carbocycles. The third-order valence-electron chi connectivity index (χ3n) is 3.72. The minimum Gasteiger partial charge on any atom is -0.339 e. The monoisotopic (exact) mass is 303 g/mol. The molecule has 0 aromatic heterocycles. The van der Waals surface area contributed by atoms with Crippen molar-refractivity contribution in [3.8, 4) is 0 Å². The number of nitrogens with one attached hydrogen (secondary N) is 1. The van der Waals surface area contributed by atoms with Gasteiger partial charge in [0.15, 0.2) is 0 Å². The van der Waals surface area contributed by atoms with E-state index < -0.39 is 0 Å². The zero-order chi connectivity index (χ0) is 16.1. The third-order valence-corrected chi connectivity index (χ3v) is 3.72. The smallest absolute Gasteiger partial charge is 0.233 e. The standard InChI is InChI=1S/C16H21N3O3/c1-12-3-5-14(6-4-12)17-15(21)11-16(22)19-9-7-18(8-10-19)13(2)20/h3-6H,7-11H2,1-2H3,(H,17,21). The van der Waals surface area contributed by atoms with Crippen molar-refractivity contribution in [2.45, 2.75) is 20.3 Å². The molecule has 0 atom stereocenters. The minimum atomic E-state index is -0.317. The molecule has 1 aliphatic heterocycles. The maximum absolute atomic E-state index is 12.1. The summed E-state index contributed by atoms with van der Waals surface area (Å²) in [6.45, 7) is 5.51. The average molecular weight is 303 g/mol. The van der Waals surface area contributed by atoms with Crippen molar-refractivity contribution >= 4 is 23.4 Å². The van der Waals surface area contributed by atoms with Crippen molar-refractivity contribution in [2.24, 2.45) is 0 Å². The second-order valence-corrected chi connectivity index (χ2v) is 5.48. The normalized spacial score (nSPS) is 14.6. The van der Waals surface area contributed by atoms with Crippen LogP contribution in [-0.4, -0.2) is 53.7 Å². The molecule has 0 spiro atoms. The Balaban J connectivity index is 1.80. The number of hydrogen-bond donors (Lipinski definition) is 1. The van der Waals surface area contributed by atoms with Crippen LogP contribution < -0.4 is 5.32 Å². The second kappa shape index (κ2) is 7.06. The maximum Gasteiger partial charge on any atom is 0.233 e. The Kier molecular flexibility index (Phi) is 5.14. The number of hydrogen-bond acceptors (Lipinski definition) is 3. The van der Waals surface area contributed by atoms with E-state index in [9.17, 15) is 14.4 Å². The summed E-state index contributed by atoms with van der Waals surface area (Å²) in [7, 11) is 0. The molecule has 1 saturated heterocycles. The fraction of sp³-hybridized carbons (Fsp3) is 0.438. The van der Waals surface area contributed by atoms with Crippen molar-refractivity contribution in [3.63, 3.8) is 0 Å². The molecule has 0 unspecified atom stereocenters. The van der Waals surface area contributed by atoms with Crippen molar-refractivity contribution in [2.75, 3.05) is 31.5 Å². The van der Waals surface area contributed by atoms with Crippen LogP contribution in [0.5, 0.6) is 0 Å². The second-order valence-electron chi connectivity index (χ2n) is 5.48. The number of carbonyl (C=O) groups is 3. The molecule has 1 N–H and O–H groups in total. The Labute approximate surface area is 130 Å². The summed E-state index contributed by atoms with van der Waals surface area (Å²) >= 11 is 0. The van der Waals surface area contributed by atoms with Crippen LogP contribution in [0, 0.1) is 6.92 Å². The van der Waals surface area contributed by atoms with Crippen LogP contribution in [-0.2, 0) is 14.4 Å². The molecule has 1 aromatic carbocycles. The van der Waals surface area contributed by atoms with Crippen molar-refractivity contribution < 1.29 is 14.4 Å². The molecule has 0 saturated carbocycles. The number of nitrogens with zero attached hydrogens (tertiary/aromatic N) is 2. The number of anilines is 1. The van der Waals surface area contributed by atoms with Gasteiger partial charge in [0.2, 0.25) is 17.7 Å². The zero-order valence-electron chi connectivity index (χ0n) is 13.0. The van der Waals surface area contributed by atoms with Crippen molar-refractivity contribution in [3.05, 3.63) is 29.8 Å². The molecule has 0 radical (unpaired) electrons. The Hall–Kier alpha value is -2.37. The first kappa shape index (κ1) is 16.0. The Bertz CT molecular complexity index is 561. The molecule has 1 aliphatic rings. The first-order valence-electron chi connectivity index (χ1n) is 7.35. The van der Waals surface area contributed by atoms with Crippen molar-refractivity contribution in [1.29, 1.82) is 0 Å². The Morgan fingerprint density at radius 1 is 1.00 bits per heavy atom. The van der Waals surface area contributed by atoms with E-state index in [1.807, 2.05) is 31.2 Å². The molecular formula is C16H21N3O3. The van der Waals surface area contributed by atoms with E-state index in [1.54, 1.807) is 9.80 Å². The summed E-state index contributed by atoms with van der Waals surface area (Å²) in [5, 5.41) is 2.72. The van der Waals surface area contributed by atoms with Crippen LogP contribution in [0.2, 0.25) is 0 Å². The van der Waals surface area contributed by atoms with E-state index in [2.05, 4.69) is 5.32 Å². The van der Waals surface area contributed by atoms with E-state index in [0.717, 1.165) is 5.56 Å². The van der Waals surface area contributed by atoms with Crippen LogP contribution >= 0.6 is 0 Å². The van der Waals surface area contributed by atoms with Crippen LogP contribution in [0.4, 0.5) is 5.69 Å². The summed E-state index contributed by atoms with van der Waals surface area (Å²) in [6, 6.07) is 7.42. The lowest BCUT2D eigenvalue weighted by atomic mass is 10.2. The molecule has 118 valence electrons. The molecule has 6 heteroatoms. The lowest BCUT2D eigenvalue weighted by Crippen LogP contribution is -2.50. The highest BCUT2D eigenvalue weighted by atomic mass is 16.2. The fourth-order valence-electron chi connectivity index (χ4n) is 2.36. The molecular weight excluding hydrogens is 282 g/mol. The highest BCUT2D eigenvalue weighted by Gasteiger charge is 2.23. The van der Waals surface area contributed by atoms with E-state index in [1.165, 1.54) is 6.92 Å². The topological polar surface area (TPSA) is 69.7 Å². The predicted molar refractivity (Wildman–Crippen MR) is 83.3 cm³/mol. The van der Waals surface area contributed by atoms with Gasteiger partial charge < -0.3 is 15.1 Å². The van der Waals surface area contributed by atoms with E-state index in [-0.39, 0.29) is 24.1 Å². The summed E-state index contributed by atoms with van der Waals surface area (Å²) in [4.78, 5) is 38.6. The highest BCUT2D eigenvalue weighted by molar-refractivity contribution is 6.03. The molecule has 2 rings (SSSR count). The average Bonchev–Trinajstić information content (AvgIpc) is 2.49. The molecule has 0 bridgehead atoms. The molecule has 1 fully saturated rings. The van der Waals surface area contributed by atoms with Gasteiger partial charge in [-0.3, -0.25) is 14.4 Å². The number of benzene rings is 1.